The number of ether oxygens (including phenoxy) is 2. The predicted octanol–water partition coefficient (Wildman–Crippen LogP) is 8.25. The van der Waals surface area contributed by atoms with Crippen LogP contribution in [0.3, 0.4) is 0 Å². The van der Waals surface area contributed by atoms with Gasteiger partial charge in [0.2, 0.25) is 0 Å². The molecule has 18 heteroatoms. The van der Waals surface area contributed by atoms with E-state index in [-0.39, 0.29) is 36.4 Å². The molecule has 4 rings (SSSR count). The van der Waals surface area contributed by atoms with Gasteiger partial charge in [0.25, 0.3) is 0 Å². The van der Waals surface area contributed by atoms with Crippen LogP contribution < -0.4 is 19.9 Å². The molecule has 0 N–H and O–H groups in total. The summed E-state index contributed by atoms with van der Waals surface area (Å²) in [5.41, 5.74) is -8.46. The van der Waals surface area contributed by atoms with Crippen LogP contribution in [-0.4, -0.2) is 0 Å². The summed E-state index contributed by atoms with van der Waals surface area (Å²) in [5, 5.41) is 37.3. The van der Waals surface area contributed by atoms with Crippen LogP contribution in [0.15, 0.2) is 54.6 Å². The van der Waals surface area contributed by atoms with E-state index in [1.165, 1.54) is 12.1 Å². The molecule has 50 heavy (non-hydrogen) atoms. The van der Waals surface area contributed by atoms with Crippen molar-refractivity contribution < 1.29 is 62.2 Å². The average Bonchev–Trinajstić information content (AvgIpc) is 3.02. The topological polar surface area (TPSA) is 114 Å². The zero-order valence-corrected chi connectivity index (χ0v) is 24.1. The molecule has 256 valence electrons. The van der Waals surface area contributed by atoms with Gasteiger partial charge in [-0.2, -0.15) is 73.7 Å². The van der Waals surface area contributed by atoms with Crippen LogP contribution >= 0.6 is 0 Å². The van der Waals surface area contributed by atoms with Gasteiger partial charge in [-0.05, 0) is 42.5 Å². The fourth-order valence-corrected chi connectivity index (χ4v) is 4.69. The highest BCUT2D eigenvalue weighted by Gasteiger charge is 2.39. The van der Waals surface area contributed by atoms with Crippen LogP contribution in [0.2, 0.25) is 0 Å². The van der Waals surface area contributed by atoms with Crippen LogP contribution in [0.4, 0.5) is 52.7 Å². The molecule has 3 aromatic carbocycles. The summed E-state index contributed by atoms with van der Waals surface area (Å²) >= 11 is 0. The van der Waals surface area contributed by atoms with Gasteiger partial charge >= 0.3 is 24.7 Å². The third-order valence-electron chi connectivity index (χ3n) is 6.93. The highest BCUT2D eigenvalue weighted by Crippen LogP contribution is 2.42. The quantitative estimate of drug-likeness (QED) is 0.246. The second kappa shape index (κ2) is 13.1. The number of hydrogen-bond acceptors (Lipinski definition) is 6. The maximum absolute atomic E-state index is 13.6. The fraction of sp³-hybridized carbons (Fsp3) is 0.188. The third kappa shape index (κ3) is 7.61. The summed E-state index contributed by atoms with van der Waals surface area (Å²) in [6.07, 6.45) is -19.3. The Morgan fingerprint density at radius 2 is 1.02 bits per heavy atom. The molecule has 6 nitrogen and oxygen atoms in total. The number of alkyl halides is 12. The Kier molecular flexibility index (Phi) is 9.58. The monoisotopic (exact) mass is 712 g/mol. The normalized spacial score (nSPS) is 14.6. The molecular weight excluding hydrogens is 700 g/mol. The Bertz CT molecular complexity index is 2090. The average molecular weight is 712 g/mol. The predicted molar refractivity (Wildman–Crippen MR) is 145 cm³/mol. The summed E-state index contributed by atoms with van der Waals surface area (Å²) < 4.78 is 174. The Labute approximate surface area is 271 Å². The first-order valence-corrected chi connectivity index (χ1v) is 13.3. The largest absolute Gasteiger partial charge is 0.460 e. The molecule has 3 aromatic rings. The molecule has 0 aromatic heterocycles. The van der Waals surface area contributed by atoms with Gasteiger partial charge in [-0.1, -0.05) is 18.2 Å². The Balaban J connectivity index is 2.12. The Morgan fingerprint density at radius 3 is 1.40 bits per heavy atom. The van der Waals surface area contributed by atoms with Crippen LogP contribution in [0.25, 0.3) is 17.4 Å². The minimum atomic E-state index is -5.33. The first-order valence-electron chi connectivity index (χ1n) is 13.3. The van der Waals surface area contributed by atoms with Gasteiger partial charge in [-0.15, -0.1) is 0 Å². The molecule has 0 spiro atoms. The number of hydrogen-bond donors (Lipinski definition) is 0. The Morgan fingerprint density at radius 1 is 0.600 bits per heavy atom. The van der Waals surface area contributed by atoms with Gasteiger partial charge in [0, 0.05) is 16.0 Å². The standard InChI is InChI=1S/C32H12F12N4O2/c33-29(34,35)17-5-18(30(36,37)38)8-21(7-17)49-27-23(15(11-45)12-46)1-3-25-26(27)4-2-24(16(13-47)14-48)28(25)50-22-9-19(31(39,40)41)6-20(10-22)32(42,43)44/h1-10,15,23H. The van der Waals surface area contributed by atoms with Crippen LogP contribution in [0.1, 0.15) is 27.8 Å². The van der Waals surface area contributed by atoms with Crippen molar-refractivity contribution in [3.8, 4) is 41.5 Å². The van der Waals surface area contributed by atoms with Crippen molar-refractivity contribution in [2.75, 3.05) is 0 Å². The smallest absolute Gasteiger partial charge is 0.416 e. The summed E-state index contributed by atoms with van der Waals surface area (Å²) in [6, 6.07) is 8.20. The van der Waals surface area contributed by atoms with Crippen molar-refractivity contribution in [2.24, 2.45) is 11.8 Å². The van der Waals surface area contributed by atoms with E-state index in [2.05, 4.69) is 0 Å². The fourth-order valence-electron chi connectivity index (χ4n) is 4.69. The van der Waals surface area contributed by atoms with Crippen LogP contribution in [0, 0.1) is 57.2 Å². The van der Waals surface area contributed by atoms with Crippen molar-refractivity contribution in [1.82, 2.24) is 0 Å². The van der Waals surface area contributed by atoms with E-state index in [0.29, 0.717) is 0 Å². The van der Waals surface area contributed by atoms with Crippen molar-refractivity contribution in [3.05, 3.63) is 92.9 Å². The minimum Gasteiger partial charge on any atom is -0.460 e. The summed E-state index contributed by atoms with van der Waals surface area (Å²) in [7, 11) is 0. The summed E-state index contributed by atoms with van der Waals surface area (Å²) in [4.78, 5) is 0. The molecular formula is C32H12F12N4O2. The van der Waals surface area contributed by atoms with Crippen LogP contribution in [-0.2, 0) is 24.7 Å². The molecule has 1 aliphatic carbocycles. The summed E-state index contributed by atoms with van der Waals surface area (Å²) in [6.45, 7) is 0. The maximum Gasteiger partial charge on any atom is 0.416 e. The lowest BCUT2D eigenvalue weighted by molar-refractivity contribution is -0.144. The van der Waals surface area contributed by atoms with E-state index >= 15 is 0 Å². The highest BCUT2D eigenvalue weighted by molar-refractivity contribution is 5.77. The van der Waals surface area contributed by atoms with E-state index in [9.17, 15) is 73.7 Å². The van der Waals surface area contributed by atoms with Crippen molar-refractivity contribution in [1.29, 1.82) is 21.0 Å². The second-order valence-corrected chi connectivity index (χ2v) is 10.2. The van der Waals surface area contributed by atoms with E-state index in [1.54, 1.807) is 12.1 Å². The molecule has 0 fully saturated rings. The molecule has 0 saturated carbocycles. The lowest BCUT2D eigenvalue weighted by atomic mass is 9.86. The zero-order chi connectivity index (χ0) is 37.4. The van der Waals surface area contributed by atoms with Crippen molar-refractivity contribution in [3.63, 3.8) is 0 Å². The maximum atomic E-state index is 13.6. The highest BCUT2D eigenvalue weighted by atomic mass is 19.4. The number of nitrogens with zero attached hydrogens (tertiary/aromatic N) is 4. The van der Waals surface area contributed by atoms with E-state index in [0.717, 1.165) is 24.3 Å². The lowest BCUT2D eigenvalue weighted by Crippen LogP contribution is -2.29. The van der Waals surface area contributed by atoms with Gasteiger partial charge in [-0.25, -0.2) is 0 Å². The molecule has 0 saturated heterocycles. The molecule has 0 bridgehead atoms. The number of rotatable bonds is 5. The Hall–Kier alpha value is -6.14. The molecule has 0 heterocycles. The van der Waals surface area contributed by atoms with Crippen molar-refractivity contribution in [2.45, 2.75) is 24.7 Å². The first kappa shape index (κ1) is 36.7. The number of nitriles is 4. The molecule has 0 aliphatic heterocycles. The molecule has 1 atom stereocenters. The minimum absolute atomic E-state index is 0.163. The molecule has 1 unspecified atom stereocenters. The first-order chi connectivity index (χ1) is 23.1. The van der Waals surface area contributed by atoms with E-state index in [4.69, 9.17) is 9.47 Å². The van der Waals surface area contributed by atoms with E-state index < -0.39 is 103 Å². The van der Waals surface area contributed by atoms with Gasteiger partial charge in [0.05, 0.1) is 40.3 Å². The molecule has 0 radical (unpaired) electrons. The van der Waals surface area contributed by atoms with Gasteiger partial charge in [0.1, 0.15) is 46.6 Å². The summed E-state index contributed by atoms with van der Waals surface area (Å²) in [5.74, 6) is -6.91. The van der Waals surface area contributed by atoms with Gasteiger partial charge in [-0.3, -0.25) is 0 Å². The van der Waals surface area contributed by atoms with Gasteiger partial charge in [0.15, 0.2) is 0 Å². The molecule has 0 amide bonds. The van der Waals surface area contributed by atoms with Crippen molar-refractivity contribution >= 4 is 17.4 Å². The SMILES string of the molecule is N#CC(C#N)=c1ccc2c(c1Oc1cc(C(F)(F)F)cc(C(F)(F)F)c1)C=CC(C(C#N)C#N)C=2Oc1cc(C(F)(F)F)cc(C(F)(F)F)c1. The third-order valence-corrected chi connectivity index (χ3v) is 6.93. The number of fused-ring (bicyclic) bond motifs is 1. The van der Waals surface area contributed by atoms with Crippen LogP contribution in [0.5, 0.6) is 17.2 Å². The lowest BCUT2D eigenvalue weighted by Gasteiger charge is -2.24. The molecule has 1 aliphatic rings. The van der Waals surface area contributed by atoms with E-state index in [1.807, 2.05) is 0 Å². The van der Waals surface area contributed by atoms with Gasteiger partial charge < -0.3 is 9.47 Å². The number of benzene rings is 3. The number of halogens is 12. The second-order valence-electron chi connectivity index (χ2n) is 10.2. The zero-order valence-electron chi connectivity index (χ0n) is 24.1.